The van der Waals surface area contributed by atoms with E-state index in [2.05, 4.69) is 4.74 Å². The number of esters is 1. The molecule has 0 aliphatic carbocycles. The fourth-order valence-corrected chi connectivity index (χ4v) is 0.754. The first-order valence-electron chi connectivity index (χ1n) is 3.46. The second-order valence-corrected chi connectivity index (χ2v) is 2.23. The van der Waals surface area contributed by atoms with Gasteiger partial charge in [-0.3, -0.25) is 4.79 Å². The van der Waals surface area contributed by atoms with Crippen molar-refractivity contribution in [1.29, 1.82) is 0 Å². The molecule has 2 nitrogen and oxygen atoms in total. The molecule has 0 aromatic heterocycles. The zero-order valence-corrected chi connectivity index (χ0v) is 6.58. The number of hydrogen-bond donors (Lipinski definition) is 0. The molecule has 1 rings (SSSR count). The van der Waals surface area contributed by atoms with E-state index >= 15 is 0 Å². The predicted molar refractivity (Wildman–Crippen MR) is 41.7 cm³/mol. The van der Waals surface area contributed by atoms with Gasteiger partial charge in [-0.2, -0.15) is 4.39 Å². The molecule has 0 heterocycles. The molecule has 0 N–H and O–H groups in total. The normalized spacial score (nSPS) is 9.92. The summed E-state index contributed by atoms with van der Waals surface area (Å²) in [5.74, 6) is -0.656. The van der Waals surface area contributed by atoms with Gasteiger partial charge < -0.3 is 4.74 Å². The summed E-state index contributed by atoms with van der Waals surface area (Å²) in [5.41, 5.74) is 0.271. The Kier molecular flexibility index (Phi) is 2.80. The van der Waals surface area contributed by atoms with Gasteiger partial charge in [0.05, 0.1) is 0 Å². The first-order chi connectivity index (χ1) is 5.70. The SMILES string of the molecule is CC(=O)O[C](F)c1ccccc1. The van der Waals surface area contributed by atoms with Gasteiger partial charge in [-0.1, -0.05) is 30.3 Å². The third-order valence-corrected chi connectivity index (χ3v) is 1.23. The molecular weight excluding hydrogens is 159 g/mol. The van der Waals surface area contributed by atoms with E-state index in [1.54, 1.807) is 18.2 Å². The number of ether oxygens (including phenoxy) is 1. The van der Waals surface area contributed by atoms with Crippen LogP contribution in [0, 0.1) is 6.36 Å². The minimum Gasteiger partial charge on any atom is -0.417 e. The molecule has 0 spiro atoms. The van der Waals surface area contributed by atoms with Gasteiger partial charge in [-0.15, -0.1) is 0 Å². The van der Waals surface area contributed by atoms with Gasteiger partial charge in [0.1, 0.15) is 0 Å². The summed E-state index contributed by atoms with van der Waals surface area (Å²) in [6.45, 7) is 1.16. The van der Waals surface area contributed by atoms with E-state index in [0.29, 0.717) is 0 Å². The van der Waals surface area contributed by atoms with Crippen LogP contribution in [0.2, 0.25) is 0 Å². The van der Waals surface area contributed by atoms with Gasteiger partial charge in [0.15, 0.2) is 0 Å². The maximum absolute atomic E-state index is 12.9. The summed E-state index contributed by atoms with van der Waals surface area (Å²) in [5, 5.41) is 0. The summed E-state index contributed by atoms with van der Waals surface area (Å²) >= 11 is 0. The van der Waals surface area contributed by atoms with Crippen molar-refractivity contribution in [1.82, 2.24) is 0 Å². The molecule has 0 amide bonds. The second-order valence-electron chi connectivity index (χ2n) is 2.23. The van der Waals surface area contributed by atoms with E-state index in [1.165, 1.54) is 12.1 Å². The lowest BCUT2D eigenvalue weighted by molar-refractivity contribution is -0.142. The van der Waals surface area contributed by atoms with E-state index in [4.69, 9.17) is 0 Å². The Morgan fingerprint density at radius 2 is 1.92 bits per heavy atom. The maximum atomic E-state index is 12.9. The van der Waals surface area contributed by atoms with Crippen LogP contribution in [0.1, 0.15) is 12.5 Å². The van der Waals surface area contributed by atoms with Crippen LogP contribution < -0.4 is 0 Å². The minimum atomic E-state index is -0.858. The maximum Gasteiger partial charge on any atom is 0.351 e. The first-order valence-corrected chi connectivity index (χ1v) is 3.46. The van der Waals surface area contributed by atoms with E-state index in [0.717, 1.165) is 6.92 Å². The molecule has 1 aromatic carbocycles. The average Bonchev–Trinajstić information content (AvgIpc) is 2.05. The van der Waals surface area contributed by atoms with Gasteiger partial charge >= 0.3 is 12.3 Å². The molecule has 0 saturated heterocycles. The van der Waals surface area contributed by atoms with Crippen LogP contribution in [-0.2, 0) is 9.53 Å². The van der Waals surface area contributed by atoms with Crippen LogP contribution in [0.3, 0.4) is 0 Å². The van der Waals surface area contributed by atoms with E-state index in [9.17, 15) is 9.18 Å². The smallest absolute Gasteiger partial charge is 0.351 e. The first kappa shape index (κ1) is 8.71. The summed E-state index contributed by atoms with van der Waals surface area (Å²) in [4.78, 5) is 10.3. The van der Waals surface area contributed by atoms with E-state index < -0.39 is 12.3 Å². The molecule has 1 aromatic rings. The highest BCUT2D eigenvalue weighted by molar-refractivity contribution is 5.67. The van der Waals surface area contributed by atoms with Crippen LogP contribution >= 0.6 is 0 Å². The zero-order valence-electron chi connectivity index (χ0n) is 6.58. The Morgan fingerprint density at radius 1 is 1.33 bits per heavy atom. The molecule has 0 bridgehead atoms. The summed E-state index contributed by atoms with van der Waals surface area (Å²) in [6, 6.07) is 8.14. The molecule has 0 unspecified atom stereocenters. The summed E-state index contributed by atoms with van der Waals surface area (Å²) in [7, 11) is 0. The number of benzene rings is 1. The van der Waals surface area contributed by atoms with E-state index in [-0.39, 0.29) is 5.56 Å². The van der Waals surface area contributed by atoms with Crippen LogP contribution in [0.4, 0.5) is 4.39 Å². The largest absolute Gasteiger partial charge is 0.417 e. The van der Waals surface area contributed by atoms with Crippen LogP contribution in [-0.4, -0.2) is 5.97 Å². The van der Waals surface area contributed by atoms with Crippen molar-refractivity contribution in [3.8, 4) is 0 Å². The van der Waals surface area contributed by atoms with E-state index in [1.807, 2.05) is 0 Å². The van der Waals surface area contributed by atoms with Crippen molar-refractivity contribution < 1.29 is 13.9 Å². The number of carbonyl (C=O) groups is 1. The Balaban J connectivity index is 2.65. The van der Waals surface area contributed by atoms with Gasteiger partial charge in [0.25, 0.3) is 0 Å². The molecule has 3 heteroatoms. The standard InChI is InChI=1S/C9H8FO2/c1-7(11)12-9(10)8-5-3-2-4-6-8/h2-6H,1H3. The molecular formula is C9H8FO2. The predicted octanol–water partition coefficient (Wildman–Crippen LogP) is 2.06. The van der Waals surface area contributed by atoms with Gasteiger partial charge in [0, 0.05) is 12.5 Å². The Labute approximate surface area is 70.0 Å². The van der Waals surface area contributed by atoms with Crippen molar-refractivity contribution in [3.05, 3.63) is 42.3 Å². The highest BCUT2D eigenvalue weighted by Gasteiger charge is 2.14. The molecule has 0 aliphatic heterocycles. The van der Waals surface area contributed by atoms with Gasteiger partial charge in [0.2, 0.25) is 0 Å². The monoisotopic (exact) mass is 167 g/mol. The molecule has 0 fully saturated rings. The fraction of sp³-hybridized carbons (Fsp3) is 0.111. The molecule has 0 saturated carbocycles. The van der Waals surface area contributed by atoms with Crippen LogP contribution in [0.5, 0.6) is 0 Å². The topological polar surface area (TPSA) is 26.3 Å². The van der Waals surface area contributed by atoms with Crippen LogP contribution in [0.15, 0.2) is 30.3 Å². The van der Waals surface area contributed by atoms with Crippen molar-refractivity contribution in [3.63, 3.8) is 0 Å². The van der Waals surface area contributed by atoms with Crippen molar-refractivity contribution >= 4 is 5.97 Å². The number of hydrogen-bond acceptors (Lipinski definition) is 2. The Bertz CT molecular complexity index is 258. The van der Waals surface area contributed by atoms with Crippen molar-refractivity contribution in [2.45, 2.75) is 6.92 Å². The molecule has 63 valence electrons. The second kappa shape index (κ2) is 3.85. The fourth-order valence-electron chi connectivity index (χ4n) is 0.754. The number of halogens is 1. The van der Waals surface area contributed by atoms with Gasteiger partial charge in [-0.05, 0) is 0 Å². The third-order valence-electron chi connectivity index (χ3n) is 1.23. The summed E-state index contributed by atoms with van der Waals surface area (Å²) in [6.07, 6.45) is -0.858. The molecule has 0 atom stereocenters. The lowest BCUT2D eigenvalue weighted by Gasteiger charge is -2.04. The Morgan fingerprint density at radius 3 is 2.42 bits per heavy atom. The third kappa shape index (κ3) is 2.34. The highest BCUT2D eigenvalue weighted by Crippen LogP contribution is 2.16. The molecule has 12 heavy (non-hydrogen) atoms. The Hall–Kier alpha value is -1.38. The van der Waals surface area contributed by atoms with Crippen LogP contribution in [0.25, 0.3) is 0 Å². The lowest BCUT2D eigenvalue weighted by Crippen LogP contribution is -2.03. The summed E-state index contributed by atoms with van der Waals surface area (Å²) < 4.78 is 17.1. The zero-order chi connectivity index (χ0) is 8.97. The van der Waals surface area contributed by atoms with Gasteiger partial charge in [-0.25, -0.2) is 0 Å². The molecule has 1 radical (unpaired) electrons. The lowest BCUT2D eigenvalue weighted by atomic mass is 10.2. The number of rotatable bonds is 2. The van der Waals surface area contributed by atoms with Crippen molar-refractivity contribution in [2.24, 2.45) is 0 Å². The average molecular weight is 167 g/mol. The minimum absolute atomic E-state index is 0.271. The van der Waals surface area contributed by atoms with Crippen molar-refractivity contribution in [2.75, 3.05) is 0 Å². The number of carbonyl (C=O) groups excluding carboxylic acids is 1. The highest BCUT2D eigenvalue weighted by atomic mass is 19.1. The molecule has 0 aliphatic rings. The quantitative estimate of drug-likeness (QED) is 0.630.